The number of rotatable bonds is 5. The first-order valence-electron chi connectivity index (χ1n) is 6.85. The van der Waals surface area contributed by atoms with Gasteiger partial charge in [-0.05, 0) is 43.7 Å². The second-order valence-electron chi connectivity index (χ2n) is 4.68. The predicted octanol–water partition coefficient (Wildman–Crippen LogP) is 2.13. The molecule has 1 aliphatic heterocycles. The zero-order valence-corrected chi connectivity index (χ0v) is 11.7. The SMILES string of the molecule is COc1ccc(NC(=O)NCCC2=CCNCC2)cc1. The maximum absolute atomic E-state index is 11.7. The van der Waals surface area contributed by atoms with Gasteiger partial charge in [-0.1, -0.05) is 11.6 Å². The molecule has 0 fully saturated rings. The molecule has 20 heavy (non-hydrogen) atoms. The molecule has 1 aromatic carbocycles. The summed E-state index contributed by atoms with van der Waals surface area (Å²) >= 11 is 0. The van der Waals surface area contributed by atoms with Gasteiger partial charge in [0.1, 0.15) is 5.75 Å². The fourth-order valence-corrected chi connectivity index (χ4v) is 2.08. The Morgan fingerprint density at radius 2 is 2.15 bits per heavy atom. The summed E-state index contributed by atoms with van der Waals surface area (Å²) < 4.78 is 5.07. The summed E-state index contributed by atoms with van der Waals surface area (Å²) in [4.78, 5) is 11.7. The third-order valence-electron chi connectivity index (χ3n) is 3.24. The lowest BCUT2D eigenvalue weighted by atomic mass is 10.1. The highest BCUT2D eigenvalue weighted by Gasteiger charge is 2.05. The monoisotopic (exact) mass is 275 g/mol. The number of amides is 2. The minimum Gasteiger partial charge on any atom is -0.497 e. The molecule has 0 unspecified atom stereocenters. The number of anilines is 1. The van der Waals surface area contributed by atoms with E-state index in [1.54, 1.807) is 7.11 Å². The summed E-state index contributed by atoms with van der Waals surface area (Å²) in [7, 11) is 1.62. The first-order valence-corrected chi connectivity index (χ1v) is 6.85. The van der Waals surface area contributed by atoms with Gasteiger partial charge in [-0.2, -0.15) is 0 Å². The molecular weight excluding hydrogens is 254 g/mol. The maximum atomic E-state index is 11.7. The van der Waals surface area contributed by atoms with E-state index >= 15 is 0 Å². The maximum Gasteiger partial charge on any atom is 0.319 e. The third-order valence-corrected chi connectivity index (χ3v) is 3.24. The van der Waals surface area contributed by atoms with Crippen LogP contribution >= 0.6 is 0 Å². The van der Waals surface area contributed by atoms with Crippen LogP contribution in [0.15, 0.2) is 35.9 Å². The second kappa shape index (κ2) is 7.55. The molecule has 0 radical (unpaired) electrons. The molecule has 0 aliphatic carbocycles. The Hall–Kier alpha value is -2.01. The van der Waals surface area contributed by atoms with Crippen molar-refractivity contribution < 1.29 is 9.53 Å². The average Bonchev–Trinajstić information content (AvgIpc) is 2.49. The van der Waals surface area contributed by atoms with E-state index in [1.807, 2.05) is 24.3 Å². The standard InChI is InChI=1S/C15H21N3O2/c1-20-14-4-2-13(3-5-14)18-15(19)17-11-8-12-6-9-16-10-7-12/h2-6,16H,7-11H2,1H3,(H2,17,18,19). The molecule has 0 saturated carbocycles. The number of hydrogen-bond donors (Lipinski definition) is 3. The van der Waals surface area contributed by atoms with Crippen molar-refractivity contribution in [3.8, 4) is 5.75 Å². The summed E-state index contributed by atoms with van der Waals surface area (Å²) in [6, 6.07) is 7.08. The number of benzene rings is 1. The van der Waals surface area contributed by atoms with Crippen LogP contribution in [-0.2, 0) is 0 Å². The smallest absolute Gasteiger partial charge is 0.319 e. The van der Waals surface area contributed by atoms with Gasteiger partial charge in [0.2, 0.25) is 0 Å². The van der Waals surface area contributed by atoms with Crippen molar-refractivity contribution in [1.82, 2.24) is 10.6 Å². The van der Waals surface area contributed by atoms with E-state index in [0.29, 0.717) is 6.54 Å². The highest BCUT2D eigenvalue weighted by Crippen LogP contribution is 2.14. The van der Waals surface area contributed by atoms with Gasteiger partial charge in [0.05, 0.1) is 7.11 Å². The summed E-state index contributed by atoms with van der Waals surface area (Å²) in [5.41, 5.74) is 2.16. The molecule has 0 atom stereocenters. The van der Waals surface area contributed by atoms with E-state index in [9.17, 15) is 4.79 Å². The molecule has 1 heterocycles. The van der Waals surface area contributed by atoms with Crippen molar-refractivity contribution in [2.75, 3.05) is 32.1 Å². The molecule has 1 aliphatic rings. The van der Waals surface area contributed by atoms with E-state index in [2.05, 4.69) is 22.0 Å². The molecular formula is C15H21N3O2. The fourth-order valence-electron chi connectivity index (χ4n) is 2.08. The Bertz CT molecular complexity index is 469. The topological polar surface area (TPSA) is 62.4 Å². The van der Waals surface area contributed by atoms with Crippen LogP contribution in [0.5, 0.6) is 5.75 Å². The minimum absolute atomic E-state index is 0.176. The van der Waals surface area contributed by atoms with Gasteiger partial charge >= 0.3 is 6.03 Å². The molecule has 5 heteroatoms. The van der Waals surface area contributed by atoms with Crippen LogP contribution in [0.1, 0.15) is 12.8 Å². The molecule has 0 bridgehead atoms. The first-order chi connectivity index (χ1) is 9.78. The molecule has 0 spiro atoms. The van der Waals surface area contributed by atoms with Gasteiger partial charge in [-0.3, -0.25) is 0 Å². The molecule has 2 amide bonds. The van der Waals surface area contributed by atoms with Crippen molar-refractivity contribution in [2.24, 2.45) is 0 Å². The minimum atomic E-state index is -0.176. The van der Waals surface area contributed by atoms with Crippen LogP contribution in [0, 0.1) is 0 Å². The van der Waals surface area contributed by atoms with Gasteiger partial charge in [-0.15, -0.1) is 0 Å². The number of carbonyl (C=O) groups excluding carboxylic acids is 1. The number of urea groups is 1. The largest absolute Gasteiger partial charge is 0.497 e. The van der Waals surface area contributed by atoms with E-state index in [1.165, 1.54) is 5.57 Å². The quantitative estimate of drug-likeness (QED) is 0.721. The lowest BCUT2D eigenvalue weighted by Gasteiger charge is -2.14. The van der Waals surface area contributed by atoms with Gasteiger partial charge in [0.25, 0.3) is 0 Å². The van der Waals surface area contributed by atoms with Gasteiger partial charge < -0.3 is 20.7 Å². The number of nitrogens with one attached hydrogen (secondary N) is 3. The third kappa shape index (κ3) is 4.59. The Kier molecular flexibility index (Phi) is 5.43. The summed E-state index contributed by atoms with van der Waals surface area (Å²) in [6.45, 7) is 2.63. The Morgan fingerprint density at radius 3 is 2.80 bits per heavy atom. The van der Waals surface area contributed by atoms with Crippen LogP contribution < -0.4 is 20.7 Å². The summed E-state index contributed by atoms with van der Waals surface area (Å²) in [5, 5.41) is 8.93. The Morgan fingerprint density at radius 1 is 1.35 bits per heavy atom. The predicted molar refractivity (Wildman–Crippen MR) is 80.2 cm³/mol. The zero-order chi connectivity index (χ0) is 14.2. The summed E-state index contributed by atoms with van der Waals surface area (Å²) in [5.74, 6) is 0.772. The van der Waals surface area contributed by atoms with E-state index < -0.39 is 0 Å². The van der Waals surface area contributed by atoms with Crippen molar-refractivity contribution in [1.29, 1.82) is 0 Å². The lowest BCUT2D eigenvalue weighted by molar-refractivity contribution is 0.252. The van der Waals surface area contributed by atoms with Gasteiger partial charge in [0.15, 0.2) is 0 Å². The fraction of sp³-hybridized carbons (Fsp3) is 0.400. The molecule has 0 aromatic heterocycles. The van der Waals surface area contributed by atoms with Crippen LogP contribution in [0.25, 0.3) is 0 Å². The number of methoxy groups -OCH3 is 1. The van der Waals surface area contributed by atoms with Crippen molar-refractivity contribution in [3.05, 3.63) is 35.9 Å². The Labute approximate surface area is 119 Å². The molecule has 5 nitrogen and oxygen atoms in total. The molecule has 3 N–H and O–H groups in total. The molecule has 1 aromatic rings. The summed E-state index contributed by atoms with van der Waals surface area (Å²) in [6.07, 6.45) is 4.19. The highest BCUT2D eigenvalue weighted by molar-refractivity contribution is 5.89. The molecule has 108 valence electrons. The van der Waals surface area contributed by atoms with E-state index in [-0.39, 0.29) is 6.03 Å². The molecule has 2 rings (SSSR count). The second-order valence-corrected chi connectivity index (χ2v) is 4.68. The highest BCUT2D eigenvalue weighted by atomic mass is 16.5. The van der Waals surface area contributed by atoms with Crippen LogP contribution in [0.3, 0.4) is 0 Å². The number of carbonyl (C=O) groups is 1. The van der Waals surface area contributed by atoms with Crippen molar-refractivity contribution in [2.45, 2.75) is 12.8 Å². The van der Waals surface area contributed by atoms with Gasteiger partial charge in [-0.25, -0.2) is 4.79 Å². The van der Waals surface area contributed by atoms with E-state index in [0.717, 1.165) is 37.4 Å². The Balaban J connectivity index is 1.70. The number of ether oxygens (including phenoxy) is 1. The van der Waals surface area contributed by atoms with Crippen molar-refractivity contribution in [3.63, 3.8) is 0 Å². The first kappa shape index (κ1) is 14.4. The van der Waals surface area contributed by atoms with Crippen LogP contribution in [-0.4, -0.2) is 32.8 Å². The van der Waals surface area contributed by atoms with E-state index in [4.69, 9.17) is 4.74 Å². The van der Waals surface area contributed by atoms with Crippen LogP contribution in [0.2, 0.25) is 0 Å². The average molecular weight is 275 g/mol. The normalized spacial score (nSPS) is 14.3. The molecule has 0 saturated heterocycles. The van der Waals surface area contributed by atoms with Gasteiger partial charge in [0, 0.05) is 18.8 Å². The zero-order valence-electron chi connectivity index (χ0n) is 11.7. The van der Waals surface area contributed by atoms with Crippen molar-refractivity contribution >= 4 is 11.7 Å². The lowest BCUT2D eigenvalue weighted by Crippen LogP contribution is -2.30. The number of hydrogen-bond acceptors (Lipinski definition) is 3. The van der Waals surface area contributed by atoms with Crippen LogP contribution in [0.4, 0.5) is 10.5 Å².